The Morgan fingerprint density at radius 2 is 1.30 bits per heavy atom. The lowest BCUT2D eigenvalue weighted by Gasteiger charge is -2.44. The number of para-hydroxylation sites is 1. The van der Waals surface area contributed by atoms with E-state index in [4.69, 9.17) is 0 Å². The predicted octanol–water partition coefficient (Wildman–Crippen LogP) is 7.80. The Morgan fingerprint density at radius 1 is 0.757 bits per heavy atom. The quantitative estimate of drug-likeness (QED) is 0.283. The number of carbonyl (C=O) groups is 1. The Morgan fingerprint density at radius 3 is 1.86 bits per heavy atom. The van der Waals surface area contributed by atoms with E-state index in [1.54, 1.807) is 24.4 Å². The number of halogens is 6. The molecule has 1 fully saturated rings. The fraction of sp³-hybridized carbons (Fsp3) is 0.214. The molecule has 1 unspecified atom stereocenters. The minimum atomic E-state index is -4.56. The number of rotatable bonds is 4. The molecular weight excluding hydrogens is 494 g/mol. The van der Waals surface area contributed by atoms with Gasteiger partial charge in [-0.2, -0.15) is 26.3 Å². The summed E-state index contributed by atoms with van der Waals surface area (Å²) < 4.78 is 80.1. The first-order valence-electron chi connectivity index (χ1n) is 11.5. The second-order valence-corrected chi connectivity index (χ2v) is 9.09. The largest absolute Gasteiger partial charge is 0.416 e. The lowest BCUT2D eigenvalue weighted by atomic mass is 9.59. The standard InChI is InChI=1S/C28H20F6N2O/c29-27(30,31)19-9-1-6-17(13-19)21-15-22(18-7-2-10-20(14-18)28(32,33)34)24(21)26(37)36-23-11-3-5-16-8-4-12-35-25(16)23/h1-14,21-22,24H,15H2,(H,36,37)/t21-,22+,24?. The number of pyridine rings is 1. The van der Waals surface area contributed by atoms with Crippen LogP contribution in [0, 0.1) is 5.92 Å². The van der Waals surface area contributed by atoms with Gasteiger partial charge in [-0.1, -0.05) is 54.6 Å². The molecule has 9 heteroatoms. The SMILES string of the molecule is O=C(Nc1cccc2cccnc12)C1[C@@H](c2cccc(C(F)(F)F)c2)C[C@H]1c1cccc(C(F)(F)F)c1. The highest BCUT2D eigenvalue weighted by atomic mass is 19.4. The topological polar surface area (TPSA) is 42.0 Å². The van der Waals surface area contributed by atoms with E-state index in [0.717, 1.165) is 29.7 Å². The molecule has 0 radical (unpaired) electrons. The zero-order valence-electron chi connectivity index (χ0n) is 19.1. The van der Waals surface area contributed by atoms with E-state index in [0.29, 0.717) is 22.3 Å². The number of anilines is 1. The van der Waals surface area contributed by atoms with Crippen LogP contribution in [0.3, 0.4) is 0 Å². The van der Waals surface area contributed by atoms with Gasteiger partial charge in [0.1, 0.15) is 0 Å². The van der Waals surface area contributed by atoms with Gasteiger partial charge in [-0.3, -0.25) is 9.78 Å². The summed E-state index contributed by atoms with van der Waals surface area (Å²) in [6.45, 7) is 0. The van der Waals surface area contributed by atoms with Crippen molar-refractivity contribution < 1.29 is 31.1 Å². The molecule has 4 aromatic rings. The van der Waals surface area contributed by atoms with E-state index in [1.807, 2.05) is 12.1 Å². The number of nitrogens with one attached hydrogen (secondary N) is 1. The predicted molar refractivity (Wildman–Crippen MR) is 127 cm³/mol. The van der Waals surface area contributed by atoms with Crippen LogP contribution in [0.1, 0.15) is 40.5 Å². The second-order valence-electron chi connectivity index (χ2n) is 9.09. The maximum absolute atomic E-state index is 13.6. The van der Waals surface area contributed by atoms with Crippen LogP contribution < -0.4 is 5.32 Å². The first kappa shape index (κ1) is 24.8. The van der Waals surface area contributed by atoms with Gasteiger partial charge >= 0.3 is 12.4 Å². The second kappa shape index (κ2) is 9.21. The van der Waals surface area contributed by atoms with Gasteiger partial charge in [0.05, 0.1) is 28.2 Å². The van der Waals surface area contributed by atoms with Crippen LogP contribution >= 0.6 is 0 Å². The van der Waals surface area contributed by atoms with E-state index < -0.39 is 47.1 Å². The number of nitrogens with zero attached hydrogens (tertiary/aromatic N) is 1. The molecule has 5 rings (SSSR count). The third-order valence-corrected chi connectivity index (χ3v) is 6.85. The first-order valence-corrected chi connectivity index (χ1v) is 11.5. The summed E-state index contributed by atoms with van der Waals surface area (Å²) >= 11 is 0. The Bertz CT molecular complexity index is 1390. The van der Waals surface area contributed by atoms with Gasteiger partial charge in [0, 0.05) is 11.6 Å². The van der Waals surface area contributed by atoms with Gasteiger partial charge in [-0.05, 0) is 53.6 Å². The molecule has 1 heterocycles. The van der Waals surface area contributed by atoms with E-state index in [1.165, 1.54) is 24.3 Å². The Hall–Kier alpha value is -3.88. The third-order valence-electron chi connectivity index (χ3n) is 6.85. The molecule has 1 saturated carbocycles. The molecule has 37 heavy (non-hydrogen) atoms. The summed E-state index contributed by atoms with van der Waals surface area (Å²) in [7, 11) is 0. The van der Waals surface area contributed by atoms with Crippen LogP contribution in [0.5, 0.6) is 0 Å². The average molecular weight is 514 g/mol. The lowest BCUT2D eigenvalue weighted by molar-refractivity contribution is -0.138. The molecule has 0 bridgehead atoms. The van der Waals surface area contributed by atoms with E-state index in [9.17, 15) is 31.1 Å². The van der Waals surface area contributed by atoms with E-state index in [-0.39, 0.29) is 6.42 Å². The van der Waals surface area contributed by atoms with Crippen LogP contribution in [0.15, 0.2) is 85.1 Å². The van der Waals surface area contributed by atoms with Crippen molar-refractivity contribution in [2.75, 3.05) is 5.32 Å². The van der Waals surface area contributed by atoms with Gasteiger partial charge in [-0.25, -0.2) is 0 Å². The average Bonchev–Trinajstić information content (AvgIpc) is 2.83. The monoisotopic (exact) mass is 514 g/mol. The maximum Gasteiger partial charge on any atom is 0.416 e. The minimum absolute atomic E-state index is 0.231. The number of carbonyl (C=O) groups excluding carboxylic acids is 1. The van der Waals surface area contributed by atoms with Crippen LogP contribution in [0.2, 0.25) is 0 Å². The number of fused-ring (bicyclic) bond motifs is 1. The van der Waals surface area contributed by atoms with Crippen molar-refractivity contribution in [2.45, 2.75) is 30.6 Å². The number of aromatic nitrogens is 1. The molecule has 190 valence electrons. The highest BCUT2D eigenvalue weighted by Gasteiger charge is 2.48. The van der Waals surface area contributed by atoms with E-state index in [2.05, 4.69) is 10.3 Å². The molecule has 1 aliphatic rings. The Balaban J connectivity index is 1.52. The first-order chi connectivity index (χ1) is 17.5. The molecule has 1 aromatic heterocycles. The lowest BCUT2D eigenvalue weighted by Crippen LogP contribution is -2.42. The fourth-order valence-electron chi connectivity index (χ4n) is 5.02. The summed E-state index contributed by atoms with van der Waals surface area (Å²) in [6.07, 6.45) is -7.33. The molecule has 1 N–H and O–H groups in total. The van der Waals surface area contributed by atoms with Crippen molar-refractivity contribution in [2.24, 2.45) is 5.92 Å². The van der Waals surface area contributed by atoms with Gasteiger partial charge in [0.15, 0.2) is 0 Å². The van der Waals surface area contributed by atoms with Crippen molar-refractivity contribution in [1.82, 2.24) is 4.98 Å². The molecular formula is C28H20F6N2O. The molecule has 3 atom stereocenters. The number of hydrogen-bond acceptors (Lipinski definition) is 2. The molecule has 0 spiro atoms. The molecule has 3 nitrogen and oxygen atoms in total. The summed E-state index contributed by atoms with van der Waals surface area (Å²) in [5.41, 5.74) is -0.108. The van der Waals surface area contributed by atoms with Crippen molar-refractivity contribution >= 4 is 22.5 Å². The number of benzene rings is 3. The smallest absolute Gasteiger partial charge is 0.324 e. The minimum Gasteiger partial charge on any atom is -0.324 e. The summed E-state index contributed by atoms with van der Waals surface area (Å²) in [6, 6.07) is 18.3. The summed E-state index contributed by atoms with van der Waals surface area (Å²) in [5.74, 6) is -2.59. The van der Waals surface area contributed by atoms with Gasteiger partial charge < -0.3 is 5.32 Å². The summed E-state index contributed by atoms with van der Waals surface area (Å²) in [5, 5.41) is 3.61. The highest BCUT2D eigenvalue weighted by molar-refractivity contribution is 6.02. The molecule has 1 aliphatic carbocycles. The number of hydrogen-bond donors (Lipinski definition) is 1. The molecule has 0 aliphatic heterocycles. The molecule has 3 aromatic carbocycles. The van der Waals surface area contributed by atoms with Crippen LogP contribution in [0.25, 0.3) is 10.9 Å². The van der Waals surface area contributed by atoms with Gasteiger partial charge in [-0.15, -0.1) is 0 Å². The normalized spacial score (nSPS) is 19.9. The van der Waals surface area contributed by atoms with Gasteiger partial charge in [0.25, 0.3) is 0 Å². The number of alkyl halides is 6. The molecule has 0 saturated heterocycles. The fourth-order valence-corrected chi connectivity index (χ4v) is 5.02. The zero-order valence-corrected chi connectivity index (χ0v) is 19.1. The Kier molecular flexibility index (Phi) is 6.17. The van der Waals surface area contributed by atoms with Crippen molar-refractivity contribution in [3.8, 4) is 0 Å². The Labute approximate surface area is 208 Å². The number of amides is 1. The third kappa shape index (κ3) is 4.90. The zero-order chi connectivity index (χ0) is 26.4. The van der Waals surface area contributed by atoms with Gasteiger partial charge in [0.2, 0.25) is 5.91 Å². The maximum atomic E-state index is 13.6. The highest BCUT2D eigenvalue weighted by Crippen LogP contribution is 2.54. The van der Waals surface area contributed by atoms with Crippen LogP contribution in [-0.2, 0) is 17.1 Å². The molecule has 1 amide bonds. The summed E-state index contributed by atoms with van der Waals surface area (Å²) in [4.78, 5) is 17.9. The van der Waals surface area contributed by atoms with E-state index >= 15 is 0 Å². The van der Waals surface area contributed by atoms with Crippen molar-refractivity contribution in [1.29, 1.82) is 0 Å². The van der Waals surface area contributed by atoms with Crippen LogP contribution in [-0.4, -0.2) is 10.9 Å². The van der Waals surface area contributed by atoms with Crippen molar-refractivity contribution in [3.63, 3.8) is 0 Å². The van der Waals surface area contributed by atoms with Crippen molar-refractivity contribution in [3.05, 3.63) is 107 Å². The van der Waals surface area contributed by atoms with Crippen LogP contribution in [0.4, 0.5) is 32.0 Å².